The number of piperidine rings is 1. The number of hydrogen-bond donors (Lipinski definition) is 1. The highest BCUT2D eigenvalue weighted by molar-refractivity contribution is 7.89. The fraction of sp³-hybridized carbons (Fsp3) is 0.583. The minimum absolute atomic E-state index is 0.0914. The molecule has 1 fully saturated rings. The Morgan fingerprint density at radius 2 is 2.16 bits per heavy atom. The van der Waals surface area contributed by atoms with Crippen LogP contribution in [0.5, 0.6) is 0 Å². The molecule has 2 atom stereocenters. The van der Waals surface area contributed by atoms with Gasteiger partial charge < -0.3 is 9.72 Å². The number of sulfonamides is 1. The number of rotatable bonds is 3. The summed E-state index contributed by atoms with van der Waals surface area (Å²) in [5.41, 5.74) is -0.319. The third-order valence-electron chi connectivity index (χ3n) is 3.55. The number of aromatic nitrogens is 1. The van der Waals surface area contributed by atoms with Crippen molar-refractivity contribution >= 4 is 10.0 Å². The molecule has 106 valence electrons. The zero-order chi connectivity index (χ0) is 14.0. The molecule has 0 bridgehead atoms. The van der Waals surface area contributed by atoms with Crippen LogP contribution in [0, 0.1) is 5.92 Å². The zero-order valence-electron chi connectivity index (χ0n) is 11.0. The standard InChI is InChI=1S/C12H18N2O4S/c1-9-5-6-14(8-11(9)18-2)19(16,17)10-3-4-12(15)13-7-10/h3-4,7,9,11H,5-6,8H2,1-2H3,(H,13,15). The van der Waals surface area contributed by atoms with Crippen molar-refractivity contribution in [2.24, 2.45) is 5.92 Å². The first kappa shape index (κ1) is 14.2. The van der Waals surface area contributed by atoms with E-state index in [1.54, 1.807) is 7.11 Å². The Labute approximate surface area is 112 Å². The molecule has 0 aliphatic carbocycles. The van der Waals surface area contributed by atoms with Crippen molar-refractivity contribution in [3.8, 4) is 0 Å². The van der Waals surface area contributed by atoms with E-state index in [4.69, 9.17) is 4.74 Å². The van der Waals surface area contributed by atoms with E-state index in [2.05, 4.69) is 11.9 Å². The van der Waals surface area contributed by atoms with E-state index in [-0.39, 0.29) is 16.6 Å². The van der Waals surface area contributed by atoms with Gasteiger partial charge in [-0.25, -0.2) is 8.42 Å². The van der Waals surface area contributed by atoms with E-state index in [9.17, 15) is 13.2 Å². The van der Waals surface area contributed by atoms with Gasteiger partial charge in [0.25, 0.3) is 0 Å². The molecule has 0 saturated carbocycles. The largest absolute Gasteiger partial charge is 0.380 e. The summed E-state index contributed by atoms with van der Waals surface area (Å²) < 4.78 is 31.6. The highest BCUT2D eigenvalue weighted by Gasteiger charge is 2.33. The van der Waals surface area contributed by atoms with E-state index in [0.717, 1.165) is 6.42 Å². The number of H-pyrrole nitrogens is 1. The van der Waals surface area contributed by atoms with Crippen LogP contribution in [0.4, 0.5) is 0 Å². The summed E-state index contributed by atoms with van der Waals surface area (Å²) in [4.78, 5) is 13.5. The van der Waals surface area contributed by atoms with Crippen LogP contribution in [-0.2, 0) is 14.8 Å². The fourth-order valence-corrected chi connectivity index (χ4v) is 3.67. The highest BCUT2D eigenvalue weighted by atomic mass is 32.2. The summed E-state index contributed by atoms with van der Waals surface area (Å²) in [7, 11) is -1.97. The Morgan fingerprint density at radius 1 is 1.42 bits per heavy atom. The molecule has 1 saturated heterocycles. The van der Waals surface area contributed by atoms with Gasteiger partial charge >= 0.3 is 0 Å². The monoisotopic (exact) mass is 286 g/mol. The lowest BCUT2D eigenvalue weighted by Crippen LogP contribution is -2.46. The summed E-state index contributed by atoms with van der Waals surface area (Å²) >= 11 is 0. The van der Waals surface area contributed by atoms with Gasteiger partial charge in [0.15, 0.2) is 0 Å². The first-order valence-corrected chi connectivity index (χ1v) is 7.61. The normalized spacial score (nSPS) is 25.4. The van der Waals surface area contributed by atoms with Crippen molar-refractivity contribution in [2.75, 3.05) is 20.2 Å². The van der Waals surface area contributed by atoms with Gasteiger partial charge in [0, 0.05) is 32.5 Å². The third-order valence-corrected chi connectivity index (χ3v) is 5.41. The van der Waals surface area contributed by atoms with Crippen LogP contribution in [0.1, 0.15) is 13.3 Å². The SMILES string of the molecule is COC1CN(S(=O)(=O)c2ccc(=O)[nH]c2)CCC1C. The Kier molecular flexibility index (Phi) is 4.07. The molecule has 7 heteroatoms. The second-order valence-electron chi connectivity index (χ2n) is 4.79. The third kappa shape index (κ3) is 2.88. The van der Waals surface area contributed by atoms with Crippen LogP contribution < -0.4 is 5.56 Å². The molecule has 1 aromatic heterocycles. The molecule has 6 nitrogen and oxygen atoms in total. The summed E-state index contributed by atoms with van der Waals surface area (Å²) in [6.07, 6.45) is 1.91. The predicted molar refractivity (Wildman–Crippen MR) is 70.4 cm³/mol. The minimum Gasteiger partial charge on any atom is -0.380 e. The van der Waals surface area contributed by atoms with Crippen molar-refractivity contribution in [3.63, 3.8) is 0 Å². The van der Waals surface area contributed by atoms with Crippen LogP contribution in [0.15, 0.2) is 28.0 Å². The number of ether oxygens (including phenoxy) is 1. The van der Waals surface area contributed by atoms with E-state index in [1.165, 1.54) is 22.6 Å². The van der Waals surface area contributed by atoms with Crippen molar-refractivity contribution in [1.29, 1.82) is 0 Å². The minimum atomic E-state index is -3.56. The molecule has 2 heterocycles. The maximum absolute atomic E-state index is 12.4. The first-order chi connectivity index (χ1) is 8.95. The molecular formula is C12H18N2O4S. The molecule has 2 rings (SSSR count). The molecule has 19 heavy (non-hydrogen) atoms. The number of methoxy groups -OCH3 is 1. The fourth-order valence-electron chi connectivity index (χ4n) is 2.24. The molecule has 0 radical (unpaired) electrons. The lowest BCUT2D eigenvalue weighted by Gasteiger charge is -2.35. The smallest absolute Gasteiger partial charge is 0.247 e. The predicted octanol–water partition coefficient (Wildman–Crippen LogP) is 0.420. The van der Waals surface area contributed by atoms with E-state index in [1.807, 2.05) is 0 Å². The van der Waals surface area contributed by atoms with E-state index in [0.29, 0.717) is 19.0 Å². The second kappa shape index (κ2) is 5.44. The van der Waals surface area contributed by atoms with Crippen molar-refractivity contribution in [2.45, 2.75) is 24.3 Å². The van der Waals surface area contributed by atoms with Gasteiger partial charge in [-0.1, -0.05) is 6.92 Å². The van der Waals surface area contributed by atoms with Gasteiger partial charge in [0.1, 0.15) is 0 Å². The van der Waals surface area contributed by atoms with Gasteiger partial charge in [0.2, 0.25) is 15.6 Å². The van der Waals surface area contributed by atoms with Crippen LogP contribution >= 0.6 is 0 Å². The van der Waals surface area contributed by atoms with E-state index < -0.39 is 10.0 Å². The van der Waals surface area contributed by atoms with Crippen LogP contribution in [0.25, 0.3) is 0 Å². The molecule has 1 aliphatic heterocycles. The molecule has 0 amide bonds. The number of hydrogen-bond acceptors (Lipinski definition) is 4. The Hall–Kier alpha value is -1.18. The summed E-state index contributed by atoms with van der Waals surface area (Å²) in [6.45, 7) is 2.87. The molecule has 1 N–H and O–H groups in total. The average Bonchev–Trinajstić information content (AvgIpc) is 2.39. The number of nitrogens with zero attached hydrogens (tertiary/aromatic N) is 1. The van der Waals surface area contributed by atoms with E-state index >= 15 is 0 Å². The van der Waals surface area contributed by atoms with Gasteiger partial charge in [-0.05, 0) is 18.4 Å². The van der Waals surface area contributed by atoms with Gasteiger partial charge in [-0.3, -0.25) is 4.79 Å². The molecule has 1 aromatic rings. The number of aromatic amines is 1. The lowest BCUT2D eigenvalue weighted by atomic mass is 9.97. The number of pyridine rings is 1. The highest BCUT2D eigenvalue weighted by Crippen LogP contribution is 2.24. The van der Waals surface area contributed by atoms with Crippen LogP contribution in [0.2, 0.25) is 0 Å². The maximum atomic E-state index is 12.4. The van der Waals surface area contributed by atoms with Crippen molar-refractivity contribution in [3.05, 3.63) is 28.7 Å². The lowest BCUT2D eigenvalue weighted by molar-refractivity contribution is 0.0184. The Bertz CT molecular complexity index is 575. The Balaban J connectivity index is 2.25. The zero-order valence-corrected chi connectivity index (χ0v) is 11.8. The second-order valence-corrected chi connectivity index (χ2v) is 6.73. The topological polar surface area (TPSA) is 79.5 Å². The van der Waals surface area contributed by atoms with Crippen LogP contribution in [-0.4, -0.2) is 44.0 Å². The summed E-state index contributed by atoms with van der Waals surface area (Å²) in [5, 5.41) is 0. The van der Waals surface area contributed by atoms with Crippen molar-refractivity contribution in [1.82, 2.24) is 9.29 Å². The number of nitrogens with one attached hydrogen (secondary N) is 1. The molecule has 1 aliphatic rings. The summed E-state index contributed by atoms with van der Waals surface area (Å²) in [6, 6.07) is 2.54. The first-order valence-electron chi connectivity index (χ1n) is 6.17. The maximum Gasteiger partial charge on any atom is 0.247 e. The average molecular weight is 286 g/mol. The molecule has 0 spiro atoms. The Morgan fingerprint density at radius 3 is 2.74 bits per heavy atom. The van der Waals surface area contributed by atoms with Crippen LogP contribution in [0.3, 0.4) is 0 Å². The summed E-state index contributed by atoms with van der Waals surface area (Å²) in [5.74, 6) is 0.340. The molecular weight excluding hydrogens is 268 g/mol. The van der Waals surface area contributed by atoms with Crippen molar-refractivity contribution < 1.29 is 13.2 Å². The molecule has 2 unspecified atom stereocenters. The van der Waals surface area contributed by atoms with Gasteiger partial charge in [-0.15, -0.1) is 0 Å². The molecule has 0 aromatic carbocycles. The van der Waals surface area contributed by atoms with Gasteiger partial charge in [-0.2, -0.15) is 4.31 Å². The quantitative estimate of drug-likeness (QED) is 0.873. The van der Waals surface area contributed by atoms with Gasteiger partial charge in [0.05, 0.1) is 11.0 Å².